The van der Waals surface area contributed by atoms with Crippen molar-refractivity contribution in [1.82, 2.24) is 20.5 Å². The third-order valence-electron chi connectivity index (χ3n) is 3.80. The van der Waals surface area contributed by atoms with Crippen LogP contribution >= 0.6 is 0 Å². The first kappa shape index (κ1) is 18.8. The molecule has 0 aliphatic heterocycles. The summed E-state index contributed by atoms with van der Waals surface area (Å²) in [5, 5.41) is 26.0. The molecule has 2 heterocycles. The van der Waals surface area contributed by atoms with Crippen LogP contribution < -0.4 is 16.0 Å². The summed E-state index contributed by atoms with van der Waals surface area (Å²) in [6, 6.07) is 16.0. The van der Waals surface area contributed by atoms with Crippen LogP contribution in [0.25, 0.3) is 0 Å². The lowest BCUT2D eigenvalue weighted by Gasteiger charge is -2.08. The Morgan fingerprint density at radius 2 is 1.82 bits per heavy atom. The quantitative estimate of drug-likeness (QED) is 0.545. The van der Waals surface area contributed by atoms with Crippen molar-refractivity contribution in [3.05, 3.63) is 71.4 Å². The number of hydrogen-bond donors (Lipinski definition) is 3. The standard InChI is InChI=1S/C20H19N7O/c1-14-5-6-17(24-13-14)25-19-8-7-18(26-27-19)22-9-10-23-20(28)16-4-2-3-15(11-16)12-21/h2-8,11,13H,9-10H2,1H3,(H,22,26)(H,23,28)(H,24,25,27). The summed E-state index contributed by atoms with van der Waals surface area (Å²) in [4.78, 5) is 16.3. The van der Waals surface area contributed by atoms with Crippen molar-refractivity contribution in [2.45, 2.75) is 6.92 Å². The second kappa shape index (κ2) is 9.09. The number of pyridine rings is 1. The highest BCUT2D eigenvalue weighted by molar-refractivity contribution is 5.94. The number of aromatic nitrogens is 3. The van der Waals surface area contributed by atoms with Gasteiger partial charge in [0.05, 0.1) is 11.6 Å². The maximum atomic E-state index is 12.1. The lowest BCUT2D eigenvalue weighted by molar-refractivity contribution is 0.0955. The number of nitrogens with one attached hydrogen (secondary N) is 3. The van der Waals surface area contributed by atoms with Crippen molar-refractivity contribution in [2.75, 3.05) is 23.7 Å². The molecule has 3 N–H and O–H groups in total. The average molecular weight is 373 g/mol. The minimum absolute atomic E-state index is 0.227. The van der Waals surface area contributed by atoms with Crippen molar-refractivity contribution in [1.29, 1.82) is 5.26 Å². The molecule has 0 saturated carbocycles. The van der Waals surface area contributed by atoms with Crippen molar-refractivity contribution in [3.63, 3.8) is 0 Å². The van der Waals surface area contributed by atoms with Gasteiger partial charge in [0.25, 0.3) is 5.91 Å². The Morgan fingerprint density at radius 1 is 1.04 bits per heavy atom. The summed E-state index contributed by atoms with van der Waals surface area (Å²) in [5.74, 6) is 1.66. The van der Waals surface area contributed by atoms with E-state index in [0.29, 0.717) is 41.7 Å². The van der Waals surface area contributed by atoms with E-state index in [9.17, 15) is 4.79 Å². The molecule has 8 heteroatoms. The van der Waals surface area contributed by atoms with Gasteiger partial charge >= 0.3 is 0 Å². The zero-order valence-electron chi connectivity index (χ0n) is 15.3. The van der Waals surface area contributed by atoms with Gasteiger partial charge in [0, 0.05) is 24.8 Å². The third-order valence-corrected chi connectivity index (χ3v) is 3.80. The zero-order valence-corrected chi connectivity index (χ0v) is 15.3. The Hall–Kier alpha value is -3.99. The molecular weight excluding hydrogens is 354 g/mol. The molecule has 0 saturated heterocycles. The number of anilines is 3. The van der Waals surface area contributed by atoms with E-state index in [0.717, 1.165) is 5.56 Å². The summed E-state index contributed by atoms with van der Waals surface area (Å²) in [6.45, 7) is 2.87. The minimum atomic E-state index is -0.227. The van der Waals surface area contributed by atoms with Gasteiger partial charge in [0.1, 0.15) is 11.6 Å². The normalized spacial score (nSPS) is 10.0. The van der Waals surface area contributed by atoms with Crippen LogP contribution in [0.15, 0.2) is 54.7 Å². The highest BCUT2D eigenvalue weighted by Crippen LogP contribution is 2.12. The Morgan fingerprint density at radius 3 is 2.54 bits per heavy atom. The van der Waals surface area contributed by atoms with Crippen molar-refractivity contribution in [2.24, 2.45) is 0 Å². The highest BCUT2D eigenvalue weighted by atomic mass is 16.1. The number of nitriles is 1. The van der Waals surface area contributed by atoms with E-state index >= 15 is 0 Å². The fourth-order valence-electron chi connectivity index (χ4n) is 2.36. The SMILES string of the molecule is Cc1ccc(Nc2ccc(NCCNC(=O)c3cccc(C#N)c3)nn2)nc1. The van der Waals surface area contributed by atoms with E-state index in [1.165, 1.54) is 0 Å². The fourth-order valence-corrected chi connectivity index (χ4v) is 2.36. The Labute approximate surface area is 162 Å². The van der Waals surface area contributed by atoms with E-state index in [-0.39, 0.29) is 5.91 Å². The van der Waals surface area contributed by atoms with Crippen LogP contribution in [0.3, 0.4) is 0 Å². The van der Waals surface area contributed by atoms with Crippen LogP contribution in [0.4, 0.5) is 17.5 Å². The van der Waals surface area contributed by atoms with Gasteiger partial charge in [-0.2, -0.15) is 5.26 Å². The number of hydrogen-bond acceptors (Lipinski definition) is 7. The van der Waals surface area contributed by atoms with Gasteiger partial charge in [-0.25, -0.2) is 4.98 Å². The summed E-state index contributed by atoms with van der Waals surface area (Å²) >= 11 is 0. The number of rotatable bonds is 7. The first-order valence-corrected chi connectivity index (χ1v) is 8.70. The molecule has 0 unspecified atom stereocenters. The monoisotopic (exact) mass is 373 g/mol. The van der Waals surface area contributed by atoms with Crippen LogP contribution in [-0.2, 0) is 0 Å². The van der Waals surface area contributed by atoms with E-state index in [1.54, 1.807) is 42.6 Å². The van der Waals surface area contributed by atoms with E-state index in [1.807, 2.05) is 25.1 Å². The Kier molecular flexibility index (Phi) is 6.10. The number of carbonyl (C=O) groups is 1. The molecule has 8 nitrogen and oxygen atoms in total. The van der Waals surface area contributed by atoms with Crippen molar-refractivity contribution >= 4 is 23.4 Å². The van der Waals surface area contributed by atoms with Gasteiger partial charge in [0.2, 0.25) is 0 Å². The summed E-state index contributed by atoms with van der Waals surface area (Å²) in [5.41, 5.74) is 2.00. The van der Waals surface area contributed by atoms with Gasteiger partial charge in [-0.3, -0.25) is 4.79 Å². The molecule has 3 aromatic rings. The maximum absolute atomic E-state index is 12.1. The smallest absolute Gasteiger partial charge is 0.251 e. The van der Waals surface area contributed by atoms with Crippen LogP contribution in [0, 0.1) is 18.3 Å². The van der Waals surface area contributed by atoms with Crippen LogP contribution in [0.1, 0.15) is 21.5 Å². The Balaban J connectivity index is 1.44. The zero-order chi connectivity index (χ0) is 19.8. The lowest BCUT2D eigenvalue weighted by atomic mass is 10.1. The van der Waals surface area contributed by atoms with Crippen LogP contribution in [-0.4, -0.2) is 34.2 Å². The molecule has 3 rings (SSSR count). The lowest BCUT2D eigenvalue weighted by Crippen LogP contribution is -2.28. The van der Waals surface area contributed by atoms with Gasteiger partial charge in [0.15, 0.2) is 5.82 Å². The average Bonchev–Trinajstić information content (AvgIpc) is 2.74. The highest BCUT2D eigenvalue weighted by Gasteiger charge is 2.05. The molecule has 0 fully saturated rings. The molecular formula is C20H19N7O. The second-order valence-corrected chi connectivity index (χ2v) is 6.02. The van der Waals surface area contributed by atoms with Crippen molar-refractivity contribution in [3.8, 4) is 6.07 Å². The number of benzene rings is 1. The van der Waals surface area contributed by atoms with Gasteiger partial charge in [-0.05, 0) is 48.9 Å². The van der Waals surface area contributed by atoms with E-state index < -0.39 is 0 Å². The van der Waals surface area contributed by atoms with E-state index in [2.05, 4.69) is 31.1 Å². The molecule has 140 valence electrons. The molecule has 0 radical (unpaired) electrons. The molecule has 0 atom stereocenters. The van der Waals surface area contributed by atoms with Gasteiger partial charge in [-0.15, -0.1) is 10.2 Å². The fraction of sp³-hybridized carbons (Fsp3) is 0.150. The summed E-state index contributed by atoms with van der Waals surface area (Å²) < 4.78 is 0. The molecule has 2 aromatic heterocycles. The third kappa shape index (κ3) is 5.25. The largest absolute Gasteiger partial charge is 0.367 e. The van der Waals surface area contributed by atoms with Gasteiger partial charge in [-0.1, -0.05) is 12.1 Å². The first-order valence-electron chi connectivity index (χ1n) is 8.70. The molecule has 0 bridgehead atoms. The molecule has 28 heavy (non-hydrogen) atoms. The topological polar surface area (TPSA) is 116 Å². The summed E-state index contributed by atoms with van der Waals surface area (Å²) in [7, 11) is 0. The molecule has 0 aliphatic rings. The molecule has 1 amide bonds. The predicted octanol–water partition coefficient (Wildman–Crippen LogP) is 2.64. The first-order chi connectivity index (χ1) is 13.6. The van der Waals surface area contributed by atoms with Crippen LogP contribution in [0.2, 0.25) is 0 Å². The number of carbonyl (C=O) groups excluding carboxylic acids is 1. The predicted molar refractivity (Wildman–Crippen MR) is 106 cm³/mol. The van der Waals surface area contributed by atoms with E-state index in [4.69, 9.17) is 5.26 Å². The minimum Gasteiger partial charge on any atom is -0.367 e. The number of nitrogens with zero attached hydrogens (tertiary/aromatic N) is 4. The number of amides is 1. The second-order valence-electron chi connectivity index (χ2n) is 6.02. The molecule has 0 spiro atoms. The maximum Gasteiger partial charge on any atom is 0.251 e. The number of aryl methyl sites for hydroxylation is 1. The molecule has 1 aromatic carbocycles. The van der Waals surface area contributed by atoms with Gasteiger partial charge < -0.3 is 16.0 Å². The van der Waals surface area contributed by atoms with Crippen molar-refractivity contribution < 1.29 is 4.79 Å². The Bertz CT molecular complexity index is 979. The van der Waals surface area contributed by atoms with Crippen LogP contribution in [0.5, 0.6) is 0 Å². The molecule has 0 aliphatic carbocycles. The summed E-state index contributed by atoms with van der Waals surface area (Å²) in [6.07, 6.45) is 1.77.